The van der Waals surface area contributed by atoms with E-state index in [1.807, 2.05) is 36.2 Å². The van der Waals surface area contributed by atoms with Gasteiger partial charge in [0.25, 0.3) is 5.91 Å². The molecule has 1 aliphatic rings. The molecule has 0 aliphatic carbocycles. The molecule has 9 heteroatoms. The Hall–Kier alpha value is -2.71. The number of rotatable bonds is 4. The van der Waals surface area contributed by atoms with Gasteiger partial charge in [0.05, 0.1) is 27.7 Å². The molecular formula is C22H21Cl2N4O3-. The monoisotopic (exact) mass is 459 g/mol. The maximum absolute atomic E-state index is 13.4. The van der Waals surface area contributed by atoms with E-state index in [0.717, 1.165) is 22.5 Å². The van der Waals surface area contributed by atoms with Crippen molar-refractivity contribution in [3.8, 4) is 11.3 Å². The van der Waals surface area contributed by atoms with E-state index >= 15 is 0 Å². The van der Waals surface area contributed by atoms with Crippen LogP contribution in [0.4, 0.5) is 11.4 Å². The molecule has 1 saturated heterocycles. The Morgan fingerprint density at radius 1 is 1.10 bits per heavy atom. The van der Waals surface area contributed by atoms with Gasteiger partial charge in [0.2, 0.25) is 0 Å². The van der Waals surface area contributed by atoms with Crippen LogP contribution in [0.5, 0.6) is 0 Å². The van der Waals surface area contributed by atoms with Crippen molar-refractivity contribution >= 4 is 40.5 Å². The Labute approximate surface area is 189 Å². The van der Waals surface area contributed by atoms with E-state index in [-0.39, 0.29) is 16.8 Å². The Morgan fingerprint density at radius 3 is 2.45 bits per heavy atom. The van der Waals surface area contributed by atoms with E-state index in [1.165, 1.54) is 12.1 Å². The topological polar surface area (TPSA) is 85.9 Å². The number of piperazine rings is 1. The zero-order chi connectivity index (χ0) is 22.1. The minimum Gasteiger partial charge on any atom is -0.733 e. The van der Waals surface area contributed by atoms with Crippen LogP contribution in [0.25, 0.3) is 11.3 Å². The number of hydrogen-bond acceptors (Lipinski definition) is 5. The van der Waals surface area contributed by atoms with E-state index < -0.39 is 0 Å². The SMILES string of the molecule is Cc1c[nH]c(-c2ccccc2Cl)c1C(=O)N1CCN(c2ccc(N([O-])O)cc2Cl)CC1. The number of nitrogens with zero attached hydrogens (tertiary/aromatic N) is 3. The van der Waals surface area contributed by atoms with E-state index in [4.69, 9.17) is 28.4 Å². The largest absolute Gasteiger partial charge is 0.733 e. The van der Waals surface area contributed by atoms with Crippen LogP contribution in [0.15, 0.2) is 48.7 Å². The van der Waals surface area contributed by atoms with Crippen LogP contribution in [0, 0.1) is 12.1 Å². The molecule has 4 rings (SSSR count). The molecule has 7 nitrogen and oxygen atoms in total. The first-order chi connectivity index (χ1) is 14.9. The molecule has 0 spiro atoms. The molecular weight excluding hydrogens is 439 g/mol. The fraction of sp³-hybridized carbons (Fsp3) is 0.227. The second-order valence-electron chi connectivity index (χ2n) is 7.39. The quantitative estimate of drug-likeness (QED) is 0.538. The fourth-order valence-electron chi connectivity index (χ4n) is 3.85. The molecule has 162 valence electrons. The number of hydrogen-bond donors (Lipinski definition) is 2. The molecule has 2 aromatic carbocycles. The van der Waals surface area contributed by atoms with Gasteiger partial charge < -0.3 is 25.2 Å². The number of carbonyl (C=O) groups is 1. The standard InChI is InChI=1S/C22H21Cl2N4O3/c1-14-13-25-21(16-4-2-3-5-17(16)23)20(14)22(29)27-10-8-26(9-11-27)19-7-6-15(28(30)31)12-18(19)24/h2-7,12-13,25,30H,8-11H2,1H3/q-1. The summed E-state index contributed by atoms with van der Waals surface area (Å²) in [4.78, 5) is 20.4. The molecule has 1 aromatic heterocycles. The summed E-state index contributed by atoms with van der Waals surface area (Å²) in [5, 5.41) is 20.8. The summed E-state index contributed by atoms with van der Waals surface area (Å²) in [6.07, 6.45) is 1.82. The lowest BCUT2D eigenvalue weighted by Crippen LogP contribution is -2.49. The zero-order valence-corrected chi connectivity index (χ0v) is 18.3. The lowest BCUT2D eigenvalue weighted by molar-refractivity contribution is 0.0747. The number of halogens is 2. The summed E-state index contributed by atoms with van der Waals surface area (Å²) in [6, 6.07) is 12.1. The molecule has 0 bridgehead atoms. The van der Waals surface area contributed by atoms with E-state index in [2.05, 4.69) is 9.88 Å². The number of aryl methyl sites for hydroxylation is 1. The summed E-state index contributed by atoms with van der Waals surface area (Å²) in [5.74, 6) is -0.0444. The third kappa shape index (κ3) is 4.22. The zero-order valence-electron chi connectivity index (χ0n) is 16.8. The molecule has 3 aromatic rings. The van der Waals surface area contributed by atoms with Gasteiger partial charge in [-0.15, -0.1) is 0 Å². The smallest absolute Gasteiger partial charge is 0.256 e. The van der Waals surface area contributed by atoms with Crippen molar-refractivity contribution in [1.29, 1.82) is 0 Å². The van der Waals surface area contributed by atoms with Gasteiger partial charge in [-0.25, -0.2) is 0 Å². The molecule has 1 aliphatic heterocycles. The average Bonchev–Trinajstić information content (AvgIpc) is 3.14. The van der Waals surface area contributed by atoms with Gasteiger partial charge in [0.1, 0.15) is 0 Å². The van der Waals surface area contributed by atoms with Gasteiger partial charge in [-0.05, 0) is 36.8 Å². The van der Waals surface area contributed by atoms with Crippen molar-refractivity contribution in [2.75, 3.05) is 36.3 Å². The van der Waals surface area contributed by atoms with E-state index in [1.54, 1.807) is 12.1 Å². The summed E-state index contributed by atoms with van der Waals surface area (Å²) < 4.78 is 0. The second kappa shape index (κ2) is 8.80. The third-order valence-corrected chi connectivity index (χ3v) is 6.13. The van der Waals surface area contributed by atoms with Crippen LogP contribution in [0.1, 0.15) is 15.9 Å². The van der Waals surface area contributed by atoms with Crippen molar-refractivity contribution in [3.05, 3.63) is 75.0 Å². The predicted octanol–water partition coefficient (Wildman–Crippen LogP) is 4.95. The van der Waals surface area contributed by atoms with E-state index in [0.29, 0.717) is 41.8 Å². The van der Waals surface area contributed by atoms with Crippen LogP contribution >= 0.6 is 23.2 Å². The summed E-state index contributed by atoms with van der Waals surface area (Å²) in [6.45, 7) is 4.14. The first-order valence-electron chi connectivity index (χ1n) is 9.79. The second-order valence-corrected chi connectivity index (χ2v) is 8.20. The molecule has 1 fully saturated rings. The Morgan fingerprint density at radius 2 is 1.81 bits per heavy atom. The Bertz CT molecular complexity index is 1110. The summed E-state index contributed by atoms with van der Waals surface area (Å²) in [7, 11) is 0. The number of H-pyrrole nitrogens is 1. The van der Waals surface area contributed by atoms with Crippen LogP contribution in [-0.2, 0) is 0 Å². The average molecular weight is 460 g/mol. The van der Waals surface area contributed by atoms with Crippen LogP contribution in [0.3, 0.4) is 0 Å². The predicted molar refractivity (Wildman–Crippen MR) is 123 cm³/mol. The van der Waals surface area contributed by atoms with Crippen molar-refractivity contribution < 1.29 is 10.0 Å². The number of amides is 1. The molecule has 2 heterocycles. The number of nitrogens with one attached hydrogen (secondary N) is 1. The van der Waals surface area contributed by atoms with Gasteiger partial charge in [-0.2, -0.15) is 0 Å². The molecule has 0 unspecified atom stereocenters. The summed E-state index contributed by atoms with van der Waals surface area (Å²) in [5.41, 5.74) is 3.84. The van der Waals surface area contributed by atoms with Gasteiger partial charge in [0.15, 0.2) is 0 Å². The molecule has 2 N–H and O–H groups in total. The van der Waals surface area contributed by atoms with Gasteiger partial charge in [-0.1, -0.05) is 41.4 Å². The van der Waals surface area contributed by atoms with Crippen molar-refractivity contribution in [2.45, 2.75) is 6.92 Å². The highest BCUT2D eigenvalue weighted by Crippen LogP contribution is 2.33. The van der Waals surface area contributed by atoms with Gasteiger partial charge >= 0.3 is 0 Å². The van der Waals surface area contributed by atoms with Crippen LogP contribution < -0.4 is 10.1 Å². The highest BCUT2D eigenvalue weighted by molar-refractivity contribution is 6.34. The number of aromatic nitrogens is 1. The number of carbonyl (C=O) groups excluding carboxylic acids is 1. The highest BCUT2D eigenvalue weighted by Gasteiger charge is 2.27. The Balaban J connectivity index is 1.51. The maximum Gasteiger partial charge on any atom is 0.256 e. The molecule has 0 atom stereocenters. The summed E-state index contributed by atoms with van der Waals surface area (Å²) >= 11 is 12.7. The first kappa shape index (κ1) is 21.5. The first-order valence-corrected chi connectivity index (χ1v) is 10.5. The maximum atomic E-state index is 13.4. The van der Waals surface area contributed by atoms with Crippen LogP contribution in [-0.4, -0.2) is 47.2 Å². The number of anilines is 2. The third-order valence-electron chi connectivity index (χ3n) is 5.49. The number of benzene rings is 2. The normalized spacial score (nSPS) is 14.1. The Kier molecular flexibility index (Phi) is 6.11. The van der Waals surface area contributed by atoms with Crippen molar-refractivity contribution in [1.82, 2.24) is 9.88 Å². The molecule has 1 amide bonds. The van der Waals surface area contributed by atoms with Crippen LogP contribution in [0.2, 0.25) is 10.0 Å². The minimum absolute atomic E-state index is 0.0444. The van der Waals surface area contributed by atoms with Gasteiger partial charge in [-0.3, -0.25) is 10.0 Å². The highest BCUT2D eigenvalue weighted by atomic mass is 35.5. The molecule has 0 radical (unpaired) electrons. The van der Waals surface area contributed by atoms with Gasteiger partial charge in [0, 0.05) is 43.0 Å². The lowest BCUT2D eigenvalue weighted by atomic mass is 10.0. The molecule has 31 heavy (non-hydrogen) atoms. The minimum atomic E-state index is -0.220. The lowest BCUT2D eigenvalue weighted by Gasteiger charge is -2.37. The van der Waals surface area contributed by atoms with E-state index in [9.17, 15) is 10.0 Å². The molecule has 0 saturated carbocycles. The van der Waals surface area contributed by atoms with Crippen molar-refractivity contribution in [3.63, 3.8) is 0 Å². The fourth-order valence-corrected chi connectivity index (χ4v) is 4.38. The van der Waals surface area contributed by atoms with Crippen molar-refractivity contribution in [2.24, 2.45) is 0 Å². The number of aromatic amines is 1.